The minimum Gasteiger partial charge on any atom is -0.454 e. The third kappa shape index (κ3) is 4.40. The second-order valence-electron chi connectivity index (χ2n) is 6.39. The Labute approximate surface area is 141 Å². The van der Waals surface area contributed by atoms with E-state index < -0.39 is 0 Å². The van der Waals surface area contributed by atoms with E-state index in [1.165, 1.54) is 32.1 Å². The van der Waals surface area contributed by atoms with Crippen LogP contribution in [0.3, 0.4) is 0 Å². The highest BCUT2D eigenvalue weighted by atomic mass is 16.7. The number of amides is 2. The van der Waals surface area contributed by atoms with Gasteiger partial charge in [-0.3, -0.25) is 9.59 Å². The number of carbonyl (C=O) groups excluding carboxylic acids is 2. The van der Waals surface area contributed by atoms with E-state index in [0.717, 1.165) is 12.3 Å². The molecule has 0 aromatic heterocycles. The van der Waals surface area contributed by atoms with Crippen LogP contribution in [-0.4, -0.2) is 31.7 Å². The van der Waals surface area contributed by atoms with Crippen molar-refractivity contribution in [1.29, 1.82) is 0 Å². The lowest BCUT2D eigenvalue weighted by Crippen LogP contribution is -2.37. The molecule has 2 aliphatic rings. The Morgan fingerprint density at radius 3 is 2.71 bits per heavy atom. The first-order chi connectivity index (χ1) is 11.7. The first kappa shape index (κ1) is 16.6. The van der Waals surface area contributed by atoms with Gasteiger partial charge in [-0.25, -0.2) is 0 Å². The number of carbonyl (C=O) groups is 2. The van der Waals surface area contributed by atoms with Crippen LogP contribution in [0.25, 0.3) is 0 Å². The van der Waals surface area contributed by atoms with Gasteiger partial charge in [0.05, 0.1) is 6.54 Å². The number of hydrogen-bond donors (Lipinski definition) is 2. The van der Waals surface area contributed by atoms with Crippen LogP contribution in [0, 0.1) is 5.92 Å². The van der Waals surface area contributed by atoms with Crippen molar-refractivity contribution in [2.45, 2.75) is 38.5 Å². The largest absolute Gasteiger partial charge is 0.454 e. The molecule has 1 saturated carbocycles. The number of fused-ring (bicyclic) bond motifs is 1. The molecule has 1 fully saturated rings. The monoisotopic (exact) mass is 332 g/mol. The highest BCUT2D eigenvalue weighted by molar-refractivity contribution is 5.97. The third-order valence-electron chi connectivity index (χ3n) is 4.63. The molecule has 0 saturated heterocycles. The average Bonchev–Trinajstić information content (AvgIpc) is 3.27. The third-order valence-corrected chi connectivity index (χ3v) is 4.63. The quantitative estimate of drug-likeness (QED) is 0.751. The smallest absolute Gasteiger partial charge is 0.251 e. The molecule has 0 atom stereocenters. The van der Waals surface area contributed by atoms with E-state index in [1.807, 2.05) is 0 Å². The summed E-state index contributed by atoms with van der Waals surface area (Å²) >= 11 is 0. The number of nitrogens with one attached hydrogen (secondary N) is 2. The molecule has 0 radical (unpaired) electrons. The van der Waals surface area contributed by atoms with Crippen LogP contribution in [0.15, 0.2) is 18.2 Å². The van der Waals surface area contributed by atoms with Crippen LogP contribution in [-0.2, 0) is 4.79 Å². The molecule has 6 nitrogen and oxygen atoms in total. The Morgan fingerprint density at radius 1 is 1.08 bits per heavy atom. The van der Waals surface area contributed by atoms with Crippen molar-refractivity contribution in [2.24, 2.45) is 5.92 Å². The summed E-state index contributed by atoms with van der Waals surface area (Å²) in [5.41, 5.74) is 0.452. The van der Waals surface area contributed by atoms with Crippen molar-refractivity contribution in [3.05, 3.63) is 23.8 Å². The average molecular weight is 332 g/mol. The van der Waals surface area contributed by atoms with Crippen LogP contribution >= 0.6 is 0 Å². The van der Waals surface area contributed by atoms with Crippen molar-refractivity contribution in [3.8, 4) is 11.5 Å². The fourth-order valence-corrected chi connectivity index (χ4v) is 3.28. The summed E-state index contributed by atoms with van der Waals surface area (Å²) in [6.45, 7) is 0.829. The minimum atomic E-state index is -0.297. The number of hydrogen-bond acceptors (Lipinski definition) is 4. The lowest BCUT2D eigenvalue weighted by atomic mass is 10.0. The summed E-state index contributed by atoms with van der Waals surface area (Å²) in [6.07, 6.45) is 7.56. The molecule has 1 aliphatic heterocycles. The van der Waals surface area contributed by atoms with Crippen LogP contribution in [0.5, 0.6) is 11.5 Å². The van der Waals surface area contributed by atoms with Gasteiger partial charge in [-0.05, 0) is 37.0 Å². The van der Waals surface area contributed by atoms with Gasteiger partial charge < -0.3 is 20.1 Å². The molecule has 1 aromatic rings. The van der Waals surface area contributed by atoms with Gasteiger partial charge in [-0.15, -0.1) is 0 Å². The van der Waals surface area contributed by atoms with Gasteiger partial charge in [-0.2, -0.15) is 0 Å². The Hall–Kier alpha value is -2.24. The fraction of sp³-hybridized carbons (Fsp3) is 0.556. The Morgan fingerprint density at radius 2 is 1.88 bits per heavy atom. The van der Waals surface area contributed by atoms with Crippen LogP contribution < -0.4 is 20.1 Å². The van der Waals surface area contributed by atoms with Crippen molar-refractivity contribution in [1.82, 2.24) is 10.6 Å². The first-order valence-electron chi connectivity index (χ1n) is 8.67. The Bertz CT molecular complexity index is 597. The summed E-state index contributed by atoms with van der Waals surface area (Å²) in [6, 6.07) is 4.97. The summed E-state index contributed by atoms with van der Waals surface area (Å²) in [5.74, 6) is 1.57. The molecule has 130 valence electrons. The molecule has 2 amide bonds. The predicted octanol–water partition coefficient (Wildman–Crippen LogP) is 2.23. The molecule has 0 bridgehead atoms. The highest BCUT2D eigenvalue weighted by Crippen LogP contribution is 2.32. The molecule has 6 heteroatoms. The zero-order valence-electron chi connectivity index (χ0n) is 13.8. The van der Waals surface area contributed by atoms with Crippen LogP contribution in [0.2, 0.25) is 0 Å². The molecular formula is C18H24N2O4. The minimum absolute atomic E-state index is 0.0172. The topological polar surface area (TPSA) is 76.7 Å². The Balaban J connectivity index is 1.34. The van der Waals surface area contributed by atoms with Crippen molar-refractivity contribution in [3.63, 3.8) is 0 Å². The van der Waals surface area contributed by atoms with E-state index >= 15 is 0 Å². The van der Waals surface area contributed by atoms with E-state index in [2.05, 4.69) is 10.6 Å². The molecule has 3 rings (SSSR count). The molecule has 1 heterocycles. The van der Waals surface area contributed by atoms with Crippen LogP contribution in [0.4, 0.5) is 0 Å². The van der Waals surface area contributed by atoms with Crippen molar-refractivity contribution < 1.29 is 19.1 Å². The lowest BCUT2D eigenvalue weighted by molar-refractivity contribution is -0.120. The summed E-state index contributed by atoms with van der Waals surface area (Å²) in [5, 5.41) is 5.48. The number of rotatable bonds is 7. The maximum absolute atomic E-state index is 12.1. The molecule has 1 aromatic carbocycles. The molecule has 0 unspecified atom stereocenters. The SMILES string of the molecule is O=C(CNC(=O)c1ccc2c(c1)OCO2)NCCCC1CCCC1. The van der Waals surface area contributed by atoms with E-state index in [1.54, 1.807) is 18.2 Å². The standard InChI is InChI=1S/C18H24N2O4/c21-17(19-9-3-6-13-4-1-2-5-13)11-20-18(22)14-7-8-15-16(10-14)24-12-23-15/h7-8,10,13H,1-6,9,11-12H2,(H,19,21)(H,20,22). The van der Waals surface area contributed by atoms with Gasteiger partial charge in [0, 0.05) is 12.1 Å². The molecule has 2 N–H and O–H groups in total. The van der Waals surface area contributed by atoms with Gasteiger partial charge in [0.1, 0.15) is 0 Å². The zero-order valence-corrected chi connectivity index (χ0v) is 13.8. The van der Waals surface area contributed by atoms with E-state index in [9.17, 15) is 9.59 Å². The van der Waals surface area contributed by atoms with Gasteiger partial charge in [0.25, 0.3) is 5.91 Å². The fourth-order valence-electron chi connectivity index (χ4n) is 3.28. The maximum atomic E-state index is 12.1. The van der Waals surface area contributed by atoms with Gasteiger partial charge in [-0.1, -0.05) is 25.7 Å². The van der Waals surface area contributed by atoms with E-state index in [-0.39, 0.29) is 25.2 Å². The zero-order chi connectivity index (χ0) is 16.8. The number of ether oxygens (including phenoxy) is 2. The van der Waals surface area contributed by atoms with Crippen LogP contribution in [0.1, 0.15) is 48.9 Å². The van der Waals surface area contributed by atoms with Gasteiger partial charge in [0.2, 0.25) is 12.7 Å². The Kier molecular flexibility index (Phi) is 5.56. The predicted molar refractivity (Wildman–Crippen MR) is 89.1 cm³/mol. The second-order valence-corrected chi connectivity index (χ2v) is 6.39. The molecular weight excluding hydrogens is 308 g/mol. The second kappa shape index (κ2) is 8.04. The molecule has 24 heavy (non-hydrogen) atoms. The van der Waals surface area contributed by atoms with E-state index in [0.29, 0.717) is 23.6 Å². The van der Waals surface area contributed by atoms with Crippen molar-refractivity contribution in [2.75, 3.05) is 19.9 Å². The number of benzene rings is 1. The van der Waals surface area contributed by atoms with E-state index in [4.69, 9.17) is 9.47 Å². The summed E-state index contributed by atoms with van der Waals surface area (Å²) in [4.78, 5) is 23.9. The van der Waals surface area contributed by atoms with Gasteiger partial charge in [0.15, 0.2) is 11.5 Å². The molecule has 1 aliphatic carbocycles. The molecule has 0 spiro atoms. The maximum Gasteiger partial charge on any atom is 0.251 e. The lowest BCUT2D eigenvalue weighted by Gasteiger charge is -2.10. The normalized spacial score (nSPS) is 16.2. The van der Waals surface area contributed by atoms with Gasteiger partial charge >= 0.3 is 0 Å². The summed E-state index contributed by atoms with van der Waals surface area (Å²) < 4.78 is 10.4. The summed E-state index contributed by atoms with van der Waals surface area (Å²) in [7, 11) is 0. The first-order valence-corrected chi connectivity index (χ1v) is 8.67. The highest BCUT2D eigenvalue weighted by Gasteiger charge is 2.17. The van der Waals surface area contributed by atoms with Crippen molar-refractivity contribution >= 4 is 11.8 Å².